The average molecular weight is 266 g/mol. The quantitative estimate of drug-likeness (QED) is 0.759. The monoisotopic (exact) mass is 266 g/mol. The maximum atomic E-state index is 10.5. The Morgan fingerprint density at radius 2 is 1.89 bits per heavy atom. The number of carboxylic acid groups (broad SMARTS) is 1. The third-order valence-electron chi connectivity index (χ3n) is 3.22. The summed E-state index contributed by atoms with van der Waals surface area (Å²) in [5.74, 6) is -0.0346. The maximum Gasteiger partial charge on any atom is 0.303 e. The number of aliphatic hydroxyl groups is 1. The molecular weight excluding hydrogens is 244 g/mol. The van der Waals surface area contributed by atoms with E-state index in [2.05, 4.69) is 0 Å². The van der Waals surface area contributed by atoms with E-state index in [1.807, 2.05) is 24.3 Å². The number of rotatable bonds is 8. The van der Waals surface area contributed by atoms with Crippen molar-refractivity contribution in [3.05, 3.63) is 29.8 Å². The van der Waals surface area contributed by atoms with Crippen molar-refractivity contribution in [1.29, 1.82) is 0 Å². The molecule has 0 amide bonds. The second kappa shape index (κ2) is 7.14. The number of carbonyl (C=O) groups is 1. The largest absolute Gasteiger partial charge is 0.497 e. The lowest BCUT2D eigenvalue weighted by Gasteiger charge is -2.22. The number of benzene rings is 1. The number of ether oxygens (including phenoxy) is 1. The smallest absolute Gasteiger partial charge is 0.303 e. The Balaban J connectivity index is 2.33. The van der Waals surface area contributed by atoms with Crippen LogP contribution in [0, 0.1) is 0 Å². The van der Waals surface area contributed by atoms with Gasteiger partial charge < -0.3 is 14.9 Å². The lowest BCUT2D eigenvalue weighted by Crippen LogP contribution is -2.25. The lowest BCUT2D eigenvalue weighted by atomic mass is 9.92. The van der Waals surface area contributed by atoms with Crippen LogP contribution in [0.15, 0.2) is 24.3 Å². The first-order valence-corrected chi connectivity index (χ1v) is 6.50. The van der Waals surface area contributed by atoms with Gasteiger partial charge in [0.1, 0.15) is 5.75 Å². The van der Waals surface area contributed by atoms with Crippen LogP contribution in [0.3, 0.4) is 0 Å². The van der Waals surface area contributed by atoms with Crippen LogP contribution in [0.4, 0.5) is 0 Å². The molecule has 1 unspecified atom stereocenters. The second-order valence-corrected chi connectivity index (χ2v) is 5.09. The first-order valence-electron chi connectivity index (χ1n) is 6.50. The van der Waals surface area contributed by atoms with E-state index in [0.717, 1.165) is 18.6 Å². The molecule has 0 radical (unpaired) electrons. The molecule has 0 bridgehead atoms. The van der Waals surface area contributed by atoms with Crippen molar-refractivity contribution in [2.45, 2.75) is 44.6 Å². The van der Waals surface area contributed by atoms with Gasteiger partial charge in [-0.2, -0.15) is 0 Å². The van der Waals surface area contributed by atoms with Gasteiger partial charge in [0, 0.05) is 6.42 Å². The molecule has 1 atom stereocenters. The lowest BCUT2D eigenvalue weighted by molar-refractivity contribution is -0.138. The van der Waals surface area contributed by atoms with Crippen molar-refractivity contribution >= 4 is 5.97 Å². The molecule has 0 aliphatic carbocycles. The van der Waals surface area contributed by atoms with Crippen LogP contribution in [-0.4, -0.2) is 28.9 Å². The fourth-order valence-electron chi connectivity index (χ4n) is 1.97. The zero-order chi connectivity index (χ0) is 14.3. The summed E-state index contributed by atoms with van der Waals surface area (Å²) in [6.45, 7) is 1.70. The fourth-order valence-corrected chi connectivity index (χ4v) is 1.97. The maximum absolute atomic E-state index is 10.5. The van der Waals surface area contributed by atoms with Crippen LogP contribution in [0.1, 0.15) is 38.2 Å². The van der Waals surface area contributed by atoms with Gasteiger partial charge in [-0.25, -0.2) is 0 Å². The Kier molecular flexibility index (Phi) is 5.83. The van der Waals surface area contributed by atoms with E-state index in [0.29, 0.717) is 12.8 Å². The highest BCUT2D eigenvalue weighted by molar-refractivity contribution is 5.66. The van der Waals surface area contributed by atoms with Crippen molar-refractivity contribution in [2.24, 2.45) is 0 Å². The van der Waals surface area contributed by atoms with Crippen LogP contribution in [0.25, 0.3) is 0 Å². The van der Waals surface area contributed by atoms with Crippen molar-refractivity contribution in [3.8, 4) is 5.75 Å². The number of aryl methyl sites for hydroxylation is 1. The summed E-state index contributed by atoms with van der Waals surface area (Å²) < 4.78 is 5.09. The molecule has 0 aromatic heterocycles. The second-order valence-electron chi connectivity index (χ2n) is 5.09. The van der Waals surface area contributed by atoms with Crippen molar-refractivity contribution < 1.29 is 19.7 Å². The van der Waals surface area contributed by atoms with E-state index in [1.54, 1.807) is 14.0 Å². The first-order chi connectivity index (χ1) is 8.93. The fraction of sp³-hybridized carbons (Fsp3) is 0.533. The highest BCUT2D eigenvalue weighted by Gasteiger charge is 2.20. The standard InChI is InChI=1S/C15H22O4/c1-15(18,11-9-14(16)17)10-3-4-12-5-7-13(19-2)8-6-12/h5-8,18H,3-4,9-11H2,1-2H3,(H,16,17). The molecule has 4 heteroatoms. The summed E-state index contributed by atoms with van der Waals surface area (Å²) in [5, 5.41) is 18.6. The zero-order valence-electron chi connectivity index (χ0n) is 11.6. The Hall–Kier alpha value is -1.55. The molecule has 0 aliphatic heterocycles. The summed E-state index contributed by atoms with van der Waals surface area (Å²) in [7, 11) is 1.63. The van der Waals surface area contributed by atoms with Crippen molar-refractivity contribution in [3.63, 3.8) is 0 Å². The molecule has 1 aromatic rings. The van der Waals surface area contributed by atoms with Crippen molar-refractivity contribution in [1.82, 2.24) is 0 Å². The molecular formula is C15H22O4. The van der Waals surface area contributed by atoms with Gasteiger partial charge in [-0.3, -0.25) is 4.79 Å². The SMILES string of the molecule is COc1ccc(CCCC(C)(O)CCC(=O)O)cc1. The Morgan fingerprint density at radius 3 is 2.42 bits per heavy atom. The molecule has 0 saturated heterocycles. The van der Waals surface area contributed by atoms with E-state index in [9.17, 15) is 9.90 Å². The predicted molar refractivity (Wildman–Crippen MR) is 73.4 cm³/mol. The molecule has 19 heavy (non-hydrogen) atoms. The Morgan fingerprint density at radius 1 is 1.26 bits per heavy atom. The van der Waals surface area contributed by atoms with Gasteiger partial charge in [-0.05, 0) is 50.3 Å². The Labute approximate surface area is 114 Å². The molecule has 0 saturated carbocycles. The van der Waals surface area contributed by atoms with E-state index in [-0.39, 0.29) is 6.42 Å². The van der Waals surface area contributed by atoms with Crippen LogP contribution < -0.4 is 4.74 Å². The van der Waals surface area contributed by atoms with Crippen LogP contribution in [0.5, 0.6) is 5.75 Å². The molecule has 0 spiro atoms. The normalized spacial score (nSPS) is 13.8. The highest BCUT2D eigenvalue weighted by atomic mass is 16.5. The van der Waals surface area contributed by atoms with Gasteiger partial charge in [0.25, 0.3) is 0 Å². The predicted octanol–water partition coefficient (Wildman–Crippen LogP) is 2.63. The minimum Gasteiger partial charge on any atom is -0.497 e. The molecule has 1 rings (SSSR count). The third-order valence-corrected chi connectivity index (χ3v) is 3.22. The van der Waals surface area contributed by atoms with Gasteiger partial charge >= 0.3 is 5.97 Å². The highest BCUT2D eigenvalue weighted by Crippen LogP contribution is 2.21. The molecule has 4 nitrogen and oxygen atoms in total. The number of methoxy groups -OCH3 is 1. The third kappa shape index (κ3) is 6.25. The summed E-state index contributed by atoms with van der Waals surface area (Å²) in [6.07, 6.45) is 2.61. The topological polar surface area (TPSA) is 66.8 Å². The summed E-state index contributed by atoms with van der Waals surface area (Å²) in [5.41, 5.74) is 0.292. The summed E-state index contributed by atoms with van der Waals surface area (Å²) in [4.78, 5) is 10.5. The van der Waals surface area contributed by atoms with Crippen molar-refractivity contribution in [2.75, 3.05) is 7.11 Å². The van der Waals surface area contributed by atoms with Crippen LogP contribution >= 0.6 is 0 Å². The van der Waals surface area contributed by atoms with Gasteiger partial charge in [-0.15, -0.1) is 0 Å². The molecule has 2 N–H and O–H groups in total. The number of hydrogen-bond donors (Lipinski definition) is 2. The number of aliphatic carboxylic acids is 1. The molecule has 0 aliphatic rings. The van der Waals surface area contributed by atoms with Gasteiger partial charge in [0.15, 0.2) is 0 Å². The number of hydrogen-bond acceptors (Lipinski definition) is 3. The summed E-state index contributed by atoms with van der Waals surface area (Å²) in [6, 6.07) is 7.84. The zero-order valence-corrected chi connectivity index (χ0v) is 11.6. The minimum absolute atomic E-state index is 0.00946. The molecule has 0 heterocycles. The summed E-state index contributed by atoms with van der Waals surface area (Å²) >= 11 is 0. The van der Waals surface area contributed by atoms with E-state index in [4.69, 9.17) is 9.84 Å². The first kappa shape index (κ1) is 15.5. The molecule has 1 aromatic carbocycles. The molecule has 106 valence electrons. The van der Waals surface area contributed by atoms with Crippen LogP contribution in [-0.2, 0) is 11.2 Å². The van der Waals surface area contributed by atoms with Gasteiger partial charge in [0.2, 0.25) is 0 Å². The number of carboxylic acids is 1. The molecule has 0 fully saturated rings. The van der Waals surface area contributed by atoms with Gasteiger partial charge in [0.05, 0.1) is 12.7 Å². The minimum atomic E-state index is -0.898. The average Bonchev–Trinajstić information content (AvgIpc) is 2.37. The Bertz CT molecular complexity index is 395. The van der Waals surface area contributed by atoms with E-state index >= 15 is 0 Å². The van der Waals surface area contributed by atoms with E-state index in [1.165, 1.54) is 5.56 Å². The van der Waals surface area contributed by atoms with E-state index < -0.39 is 11.6 Å². The van der Waals surface area contributed by atoms with Gasteiger partial charge in [-0.1, -0.05) is 12.1 Å². The van der Waals surface area contributed by atoms with Crippen LogP contribution in [0.2, 0.25) is 0 Å².